The molecule has 0 aliphatic rings. The highest BCUT2D eigenvalue weighted by atomic mass is 16.5. The van der Waals surface area contributed by atoms with Crippen LogP contribution in [0.25, 0.3) is 0 Å². The first kappa shape index (κ1) is 21.1. The fourth-order valence-electron chi connectivity index (χ4n) is 2.51. The Morgan fingerprint density at radius 3 is 1.81 bits per heavy atom. The molecule has 1 amide bonds. The molecule has 1 aromatic carbocycles. The van der Waals surface area contributed by atoms with Crippen LogP contribution in [0.5, 0.6) is 0 Å². The molecule has 142 valence electrons. The predicted molar refractivity (Wildman–Crippen MR) is 91.0 cm³/mol. The van der Waals surface area contributed by atoms with Gasteiger partial charge in [0.2, 0.25) is 0 Å². The van der Waals surface area contributed by atoms with Crippen LogP contribution in [0, 0.1) is 11.3 Å². The van der Waals surface area contributed by atoms with Crippen molar-refractivity contribution in [2.24, 2.45) is 11.3 Å². The number of hydrogen-bond donors (Lipinski definition) is 1. The molecule has 0 unspecified atom stereocenters. The molecule has 1 N–H and O–H groups in total. The van der Waals surface area contributed by atoms with E-state index in [-0.39, 0.29) is 0 Å². The van der Waals surface area contributed by atoms with Gasteiger partial charge in [-0.1, -0.05) is 18.2 Å². The van der Waals surface area contributed by atoms with Gasteiger partial charge in [-0.3, -0.25) is 19.2 Å². The zero-order chi connectivity index (χ0) is 19.9. The van der Waals surface area contributed by atoms with Crippen LogP contribution >= 0.6 is 0 Å². The van der Waals surface area contributed by atoms with Crippen molar-refractivity contribution in [3.8, 4) is 0 Å². The van der Waals surface area contributed by atoms with Gasteiger partial charge in [0.15, 0.2) is 5.92 Å². The molecule has 0 aliphatic heterocycles. The third-order valence-electron chi connectivity index (χ3n) is 4.06. The topological polar surface area (TPSA) is 108 Å². The van der Waals surface area contributed by atoms with Crippen LogP contribution in [0.1, 0.15) is 24.2 Å². The third kappa shape index (κ3) is 4.59. The summed E-state index contributed by atoms with van der Waals surface area (Å²) in [6.45, 7) is 2.90. The molecule has 0 radical (unpaired) electrons. The molecule has 1 rings (SSSR count). The van der Waals surface area contributed by atoms with E-state index in [0.717, 1.165) is 14.2 Å². The minimum Gasteiger partial charge on any atom is -0.469 e. The number of esters is 3. The molecular weight excluding hydrogens is 342 g/mol. The lowest BCUT2D eigenvalue weighted by Gasteiger charge is -2.35. The van der Waals surface area contributed by atoms with E-state index in [0.29, 0.717) is 5.56 Å². The third-order valence-corrected chi connectivity index (χ3v) is 4.06. The van der Waals surface area contributed by atoms with Gasteiger partial charge >= 0.3 is 17.9 Å². The average Bonchev–Trinajstić information content (AvgIpc) is 2.66. The summed E-state index contributed by atoms with van der Waals surface area (Å²) in [5.41, 5.74) is -1.13. The number of benzene rings is 1. The molecule has 8 heteroatoms. The van der Waals surface area contributed by atoms with Crippen molar-refractivity contribution in [2.75, 3.05) is 21.3 Å². The van der Waals surface area contributed by atoms with Crippen LogP contribution < -0.4 is 5.32 Å². The van der Waals surface area contributed by atoms with E-state index < -0.39 is 41.2 Å². The van der Waals surface area contributed by atoms with Crippen LogP contribution in [-0.4, -0.2) is 51.2 Å². The Labute approximate surface area is 151 Å². The molecule has 26 heavy (non-hydrogen) atoms. The molecule has 0 heterocycles. The summed E-state index contributed by atoms with van der Waals surface area (Å²) in [4.78, 5) is 49.2. The summed E-state index contributed by atoms with van der Waals surface area (Å²) >= 11 is 0. The molecule has 8 nitrogen and oxygen atoms in total. The van der Waals surface area contributed by atoms with E-state index >= 15 is 0 Å². The van der Waals surface area contributed by atoms with E-state index in [1.165, 1.54) is 21.0 Å². The van der Waals surface area contributed by atoms with E-state index in [1.807, 2.05) is 0 Å². The molecule has 0 bridgehead atoms. The van der Waals surface area contributed by atoms with Gasteiger partial charge in [-0.15, -0.1) is 0 Å². The lowest BCUT2D eigenvalue weighted by atomic mass is 9.76. The Balaban J connectivity index is 3.36. The monoisotopic (exact) mass is 365 g/mol. The quantitative estimate of drug-likeness (QED) is 0.435. The fraction of sp³-hybridized carbons (Fsp3) is 0.444. The predicted octanol–water partition coefficient (Wildman–Crippen LogP) is 0.946. The smallest absolute Gasteiger partial charge is 0.322 e. The minimum atomic E-state index is -1.55. The maximum Gasteiger partial charge on any atom is 0.322 e. The molecule has 1 atom stereocenters. The van der Waals surface area contributed by atoms with Crippen molar-refractivity contribution in [2.45, 2.75) is 19.9 Å². The second-order valence-electron chi connectivity index (χ2n) is 6.05. The summed E-state index contributed by atoms with van der Waals surface area (Å²) in [5.74, 6) is -4.70. The van der Waals surface area contributed by atoms with E-state index in [4.69, 9.17) is 4.74 Å². The van der Waals surface area contributed by atoms with Gasteiger partial charge in [-0.25, -0.2) is 0 Å². The molecule has 0 spiro atoms. The molecule has 0 saturated carbocycles. The highest BCUT2D eigenvalue weighted by Gasteiger charge is 2.50. The normalized spacial score (nSPS) is 12.1. The Bertz CT molecular complexity index is 653. The summed E-state index contributed by atoms with van der Waals surface area (Å²) in [6, 6.07) is 6.91. The fourth-order valence-corrected chi connectivity index (χ4v) is 2.51. The first-order valence-corrected chi connectivity index (χ1v) is 7.80. The largest absolute Gasteiger partial charge is 0.469 e. The molecule has 0 aliphatic carbocycles. The van der Waals surface area contributed by atoms with Gasteiger partial charge < -0.3 is 19.5 Å². The van der Waals surface area contributed by atoms with Crippen LogP contribution in [-0.2, 0) is 28.6 Å². The highest BCUT2D eigenvalue weighted by Crippen LogP contribution is 2.30. The van der Waals surface area contributed by atoms with Crippen LogP contribution in [0.2, 0.25) is 0 Å². The molecule has 0 fully saturated rings. The summed E-state index contributed by atoms with van der Waals surface area (Å²) in [5, 5.41) is 2.58. The van der Waals surface area contributed by atoms with Gasteiger partial charge in [-0.05, 0) is 26.0 Å². The van der Waals surface area contributed by atoms with Crippen molar-refractivity contribution >= 4 is 23.8 Å². The first-order chi connectivity index (χ1) is 12.2. The summed E-state index contributed by atoms with van der Waals surface area (Å²) in [6.07, 6.45) is 0. The number of amides is 1. The lowest BCUT2D eigenvalue weighted by Crippen LogP contribution is -2.57. The van der Waals surface area contributed by atoms with Gasteiger partial charge in [0, 0.05) is 5.56 Å². The van der Waals surface area contributed by atoms with Crippen LogP contribution in [0.3, 0.4) is 0 Å². The number of hydrogen-bond acceptors (Lipinski definition) is 7. The van der Waals surface area contributed by atoms with E-state index in [2.05, 4.69) is 14.8 Å². The SMILES string of the molecule is COC(=O)C(C(=O)OC)[C@@H](NC(=O)c1ccccc1)C(C)(C)C(=O)OC. The maximum atomic E-state index is 12.6. The Morgan fingerprint density at radius 1 is 0.885 bits per heavy atom. The number of carbonyl (C=O) groups excluding carboxylic acids is 4. The summed E-state index contributed by atoms with van der Waals surface area (Å²) < 4.78 is 14.1. The zero-order valence-corrected chi connectivity index (χ0v) is 15.4. The number of methoxy groups -OCH3 is 3. The second kappa shape index (κ2) is 8.98. The maximum absolute atomic E-state index is 12.6. The average molecular weight is 365 g/mol. The van der Waals surface area contributed by atoms with Crippen molar-refractivity contribution in [3.63, 3.8) is 0 Å². The Kier molecular flexibility index (Phi) is 7.30. The minimum absolute atomic E-state index is 0.298. The number of rotatable bonds is 7. The van der Waals surface area contributed by atoms with Crippen molar-refractivity contribution < 1.29 is 33.4 Å². The van der Waals surface area contributed by atoms with Crippen molar-refractivity contribution in [1.82, 2.24) is 5.32 Å². The van der Waals surface area contributed by atoms with Gasteiger partial charge in [0.05, 0.1) is 32.8 Å². The molecule has 1 aromatic rings. The van der Waals surface area contributed by atoms with Crippen molar-refractivity contribution in [1.29, 1.82) is 0 Å². The van der Waals surface area contributed by atoms with Crippen LogP contribution in [0.4, 0.5) is 0 Å². The van der Waals surface area contributed by atoms with Crippen molar-refractivity contribution in [3.05, 3.63) is 35.9 Å². The molecule has 0 aromatic heterocycles. The highest BCUT2D eigenvalue weighted by molar-refractivity contribution is 6.00. The zero-order valence-electron chi connectivity index (χ0n) is 15.4. The van der Waals surface area contributed by atoms with Crippen LogP contribution in [0.15, 0.2) is 30.3 Å². The van der Waals surface area contributed by atoms with E-state index in [1.54, 1.807) is 30.3 Å². The number of ether oxygens (including phenoxy) is 3. The number of nitrogens with one attached hydrogen (secondary N) is 1. The van der Waals surface area contributed by atoms with Gasteiger partial charge in [0.1, 0.15) is 0 Å². The lowest BCUT2D eigenvalue weighted by molar-refractivity contribution is -0.165. The Morgan fingerprint density at radius 2 is 1.38 bits per heavy atom. The molecule has 0 saturated heterocycles. The van der Waals surface area contributed by atoms with E-state index in [9.17, 15) is 19.2 Å². The first-order valence-electron chi connectivity index (χ1n) is 7.80. The summed E-state index contributed by atoms with van der Waals surface area (Å²) in [7, 11) is 3.37. The van der Waals surface area contributed by atoms with Gasteiger partial charge in [0.25, 0.3) is 5.91 Å². The second-order valence-corrected chi connectivity index (χ2v) is 6.05. The Hall–Kier alpha value is -2.90. The number of carbonyl (C=O) groups is 4. The molecular formula is C18H23NO7. The van der Waals surface area contributed by atoms with Gasteiger partial charge in [-0.2, -0.15) is 0 Å². The standard InChI is InChI=1S/C18H23NO7/c1-18(2,17(23)26-5)13(12(15(21)24-3)16(22)25-4)19-14(20)11-9-7-6-8-10-11/h6-10,12-13H,1-5H3,(H,19,20)/t13-/m1/s1.